The van der Waals surface area contributed by atoms with Gasteiger partial charge in [-0.2, -0.15) is 10.5 Å². The summed E-state index contributed by atoms with van der Waals surface area (Å²) in [7, 11) is 0. The van der Waals surface area contributed by atoms with Crippen LogP contribution in [0.15, 0.2) is 5.22 Å². The molecule has 3 nitrogen and oxygen atoms in total. The minimum absolute atomic E-state index is 0.413. The Balaban J connectivity index is 3.25. The Bertz CT molecular complexity index is 86.3. The second kappa shape index (κ2) is 4.30. The van der Waals surface area contributed by atoms with E-state index < -0.39 is 0 Å². The largest absolute Gasteiger partial charge is 0.181 e. The van der Waals surface area contributed by atoms with E-state index in [2.05, 4.69) is 15.8 Å². The predicted molar refractivity (Wildman–Crippen MR) is 36.8 cm³/mol. The molecule has 0 saturated carbocycles. The summed E-state index contributed by atoms with van der Waals surface area (Å²) >= 11 is 0. The van der Waals surface area contributed by atoms with Crippen LogP contribution < -0.4 is 10.5 Å². The smallest absolute Gasteiger partial charge is 0.109 e. The first-order chi connectivity index (χ1) is 4.13. The second-order valence-corrected chi connectivity index (χ2v) is 2.68. The summed E-state index contributed by atoms with van der Waals surface area (Å²) in [6, 6.07) is 0.826. The molecule has 0 radical (unpaired) electrons. The van der Waals surface area contributed by atoms with Crippen molar-refractivity contribution in [3.05, 3.63) is 0 Å². The molecular formula is C6H16N3+. The van der Waals surface area contributed by atoms with Crippen molar-refractivity contribution in [2.45, 2.75) is 39.8 Å². The molecule has 54 valence electrons. The van der Waals surface area contributed by atoms with Crippen molar-refractivity contribution < 1.29 is 5.11 Å². The average molecular weight is 130 g/mol. The molecule has 3 heteroatoms. The van der Waals surface area contributed by atoms with Gasteiger partial charge in [-0.25, -0.2) is 0 Å². The van der Waals surface area contributed by atoms with E-state index in [1.54, 1.807) is 0 Å². The van der Waals surface area contributed by atoms with E-state index in [1.807, 2.05) is 27.7 Å². The second-order valence-electron chi connectivity index (χ2n) is 2.68. The molecule has 0 heterocycles. The van der Waals surface area contributed by atoms with Crippen molar-refractivity contribution in [1.29, 1.82) is 0 Å². The van der Waals surface area contributed by atoms with Crippen LogP contribution in [0.4, 0.5) is 0 Å². The van der Waals surface area contributed by atoms with Gasteiger partial charge in [-0.1, -0.05) is 0 Å². The molecule has 0 aliphatic heterocycles. The van der Waals surface area contributed by atoms with Crippen LogP contribution in [0.3, 0.4) is 0 Å². The summed E-state index contributed by atoms with van der Waals surface area (Å²) in [5.41, 5.74) is 2.89. The number of hydrogen-bond donors (Lipinski definition) is 2. The fourth-order valence-corrected chi connectivity index (χ4v) is 0.295. The predicted octanol–water partition coefficient (Wildman–Crippen LogP) is -0.159. The molecule has 9 heavy (non-hydrogen) atoms. The van der Waals surface area contributed by atoms with Crippen LogP contribution in [0.2, 0.25) is 0 Å². The molecule has 0 amide bonds. The highest BCUT2D eigenvalue weighted by Crippen LogP contribution is 1.70. The number of nitrogens with one attached hydrogen (secondary N) is 2. The third-order valence-corrected chi connectivity index (χ3v) is 0.645. The molecule has 2 N–H and O–H groups in total. The highest BCUT2D eigenvalue weighted by atomic mass is 15.4. The fraction of sp³-hybridized carbons (Fsp3) is 1.00. The zero-order chi connectivity index (χ0) is 7.28. The first-order valence-corrected chi connectivity index (χ1v) is 3.33. The molecule has 0 aromatic carbocycles. The van der Waals surface area contributed by atoms with Crippen molar-refractivity contribution in [3.63, 3.8) is 0 Å². The highest BCUT2D eigenvalue weighted by molar-refractivity contribution is 4.40. The van der Waals surface area contributed by atoms with Gasteiger partial charge in [0, 0.05) is 0 Å². The lowest BCUT2D eigenvalue weighted by atomic mass is 10.4. The SMILES string of the molecule is CC(C)NN=[NH+]C(C)C. The van der Waals surface area contributed by atoms with E-state index in [1.165, 1.54) is 0 Å². The van der Waals surface area contributed by atoms with Crippen LogP contribution in [-0.2, 0) is 0 Å². The van der Waals surface area contributed by atoms with E-state index in [0.717, 1.165) is 0 Å². The van der Waals surface area contributed by atoms with E-state index in [9.17, 15) is 0 Å². The van der Waals surface area contributed by atoms with Gasteiger partial charge >= 0.3 is 0 Å². The minimum Gasteiger partial charge on any atom is -0.181 e. The lowest BCUT2D eigenvalue weighted by molar-refractivity contribution is -0.571. The van der Waals surface area contributed by atoms with Gasteiger partial charge < -0.3 is 0 Å². The third kappa shape index (κ3) is 7.40. The third-order valence-electron chi connectivity index (χ3n) is 0.645. The van der Waals surface area contributed by atoms with E-state index in [-0.39, 0.29) is 0 Å². The van der Waals surface area contributed by atoms with Crippen LogP contribution in [0, 0.1) is 0 Å². The van der Waals surface area contributed by atoms with Gasteiger partial charge in [-0.3, -0.25) is 0 Å². The van der Waals surface area contributed by atoms with E-state index in [0.29, 0.717) is 12.1 Å². The molecular weight excluding hydrogens is 114 g/mol. The van der Waals surface area contributed by atoms with Crippen molar-refractivity contribution in [3.8, 4) is 0 Å². The summed E-state index contributed by atoms with van der Waals surface area (Å²) in [5.74, 6) is 0. The molecule has 0 bridgehead atoms. The zero-order valence-corrected chi connectivity index (χ0v) is 6.60. The highest BCUT2D eigenvalue weighted by Gasteiger charge is 1.92. The zero-order valence-electron chi connectivity index (χ0n) is 6.60. The molecule has 0 aliphatic rings. The van der Waals surface area contributed by atoms with Crippen LogP contribution in [0.5, 0.6) is 0 Å². The van der Waals surface area contributed by atoms with Gasteiger partial charge in [0.25, 0.3) is 0 Å². The first kappa shape index (κ1) is 8.40. The van der Waals surface area contributed by atoms with Gasteiger partial charge in [0.15, 0.2) is 0 Å². The Hall–Kier alpha value is -0.600. The van der Waals surface area contributed by atoms with Gasteiger partial charge in [-0.15, -0.1) is 0 Å². The molecule has 0 aromatic rings. The molecule has 0 fully saturated rings. The maximum atomic E-state index is 3.87. The standard InChI is InChI=1S/C6H15N3/c1-5(2)7-9-8-6(3)4/h5-6H,1-4H3,(H,7,8)/p+1. The molecule has 0 unspecified atom stereocenters. The molecule has 0 aromatic heterocycles. The number of hydrogen-bond acceptors (Lipinski definition) is 1. The maximum Gasteiger partial charge on any atom is 0.109 e. The monoisotopic (exact) mass is 130 g/mol. The van der Waals surface area contributed by atoms with Crippen LogP contribution in [0.25, 0.3) is 0 Å². The normalized spacial score (nSPS) is 11.8. The summed E-state index contributed by atoms with van der Waals surface area (Å²) < 4.78 is 0. The lowest BCUT2D eigenvalue weighted by Gasteiger charge is -1.93. The van der Waals surface area contributed by atoms with Crippen LogP contribution in [-0.4, -0.2) is 12.1 Å². The maximum absolute atomic E-state index is 3.87. The topological polar surface area (TPSA) is 38.4 Å². The molecule has 0 aliphatic carbocycles. The molecule has 0 rings (SSSR count). The molecule has 0 spiro atoms. The summed E-state index contributed by atoms with van der Waals surface area (Å²) in [5, 5.41) is 6.76. The van der Waals surface area contributed by atoms with Crippen molar-refractivity contribution in [2.24, 2.45) is 5.22 Å². The van der Waals surface area contributed by atoms with Gasteiger partial charge in [0.2, 0.25) is 0 Å². The quantitative estimate of drug-likeness (QED) is 0.404. The lowest BCUT2D eigenvalue weighted by Crippen LogP contribution is -2.72. The Morgan fingerprint density at radius 2 is 1.78 bits per heavy atom. The Kier molecular flexibility index (Phi) is 4.01. The average Bonchev–Trinajstić information content (AvgIpc) is 1.63. The van der Waals surface area contributed by atoms with Crippen LogP contribution >= 0.6 is 0 Å². The molecule has 0 saturated heterocycles. The summed E-state index contributed by atoms with van der Waals surface area (Å²) in [4.78, 5) is 0. The number of nitrogens with zero attached hydrogens (tertiary/aromatic N) is 1. The van der Waals surface area contributed by atoms with E-state index >= 15 is 0 Å². The van der Waals surface area contributed by atoms with Crippen LogP contribution in [0.1, 0.15) is 27.7 Å². The number of rotatable bonds is 3. The van der Waals surface area contributed by atoms with Gasteiger partial charge in [0.1, 0.15) is 12.1 Å². The fourth-order valence-electron chi connectivity index (χ4n) is 0.295. The minimum atomic E-state index is 0.413. The van der Waals surface area contributed by atoms with E-state index in [4.69, 9.17) is 0 Å². The van der Waals surface area contributed by atoms with Crippen molar-refractivity contribution >= 4 is 0 Å². The summed E-state index contributed by atoms with van der Waals surface area (Å²) in [6.45, 7) is 8.19. The molecule has 0 atom stereocenters. The van der Waals surface area contributed by atoms with Gasteiger partial charge in [-0.05, 0) is 27.7 Å². The first-order valence-electron chi connectivity index (χ1n) is 3.33. The summed E-state index contributed by atoms with van der Waals surface area (Å²) in [6.07, 6.45) is 0. The Labute approximate surface area is 56.5 Å². The Morgan fingerprint density at radius 1 is 1.22 bits per heavy atom. The van der Waals surface area contributed by atoms with Gasteiger partial charge in [0.05, 0.1) is 5.22 Å². The van der Waals surface area contributed by atoms with Crippen molar-refractivity contribution in [2.75, 3.05) is 0 Å². The Morgan fingerprint density at radius 3 is 2.11 bits per heavy atom. The van der Waals surface area contributed by atoms with Crippen molar-refractivity contribution in [1.82, 2.24) is 5.43 Å².